The van der Waals surface area contributed by atoms with E-state index in [-0.39, 0.29) is 12.1 Å². The Bertz CT molecular complexity index is 1240. The van der Waals surface area contributed by atoms with Gasteiger partial charge in [-0.2, -0.15) is 5.10 Å². The zero-order chi connectivity index (χ0) is 22.9. The molecular weight excluding hydrogens is 452 g/mol. The van der Waals surface area contributed by atoms with Gasteiger partial charge in [-0.3, -0.25) is 0 Å². The van der Waals surface area contributed by atoms with Crippen LogP contribution in [0.25, 0.3) is 11.3 Å². The number of aromatic nitrogens is 4. The Morgan fingerprint density at radius 2 is 2.00 bits per heavy atom. The molecule has 10 heteroatoms. The van der Waals surface area contributed by atoms with Crippen LogP contribution in [0.1, 0.15) is 29.0 Å². The van der Waals surface area contributed by atoms with E-state index in [2.05, 4.69) is 15.1 Å². The first-order chi connectivity index (χ1) is 15.3. The van der Waals surface area contributed by atoms with Crippen LogP contribution in [0.4, 0.5) is 8.78 Å². The zero-order valence-electron chi connectivity index (χ0n) is 16.9. The summed E-state index contributed by atoms with van der Waals surface area (Å²) in [5.41, 5.74) is 6.16. The van der Waals surface area contributed by atoms with Gasteiger partial charge in [-0.1, -0.05) is 49.5 Å². The van der Waals surface area contributed by atoms with Crippen molar-refractivity contribution in [3.05, 3.63) is 88.3 Å². The normalized spacial score (nSPS) is 14.1. The van der Waals surface area contributed by atoms with E-state index >= 15 is 0 Å². The molecule has 0 spiro atoms. The van der Waals surface area contributed by atoms with Crippen molar-refractivity contribution in [1.82, 2.24) is 19.7 Å². The van der Waals surface area contributed by atoms with E-state index in [1.54, 1.807) is 6.92 Å². The second-order valence-corrected chi connectivity index (χ2v) is 8.71. The number of rotatable bonds is 7. The molecule has 0 amide bonds. The summed E-state index contributed by atoms with van der Waals surface area (Å²) in [6, 6.07) is 10.5. The van der Waals surface area contributed by atoms with E-state index in [1.807, 2.05) is 29.6 Å². The van der Waals surface area contributed by atoms with Crippen LogP contribution in [-0.4, -0.2) is 29.8 Å². The Balaban J connectivity index is 1.71. The number of aliphatic hydroxyl groups is 1. The first kappa shape index (κ1) is 22.1. The quantitative estimate of drug-likeness (QED) is 0.396. The number of nitrogens with two attached hydrogens (primary N) is 1. The highest BCUT2D eigenvalue weighted by atomic mass is 32.1. The van der Waals surface area contributed by atoms with Gasteiger partial charge in [-0.25, -0.2) is 23.4 Å². The van der Waals surface area contributed by atoms with Crippen molar-refractivity contribution in [2.24, 2.45) is 5.73 Å². The van der Waals surface area contributed by atoms with E-state index in [9.17, 15) is 13.9 Å². The molecule has 4 rings (SSSR count). The number of hydrogen-bond acceptors (Lipinski definition) is 6. The van der Waals surface area contributed by atoms with Gasteiger partial charge in [0, 0.05) is 34.1 Å². The molecule has 4 aromatic rings. The monoisotopic (exact) mass is 471 g/mol. The van der Waals surface area contributed by atoms with Crippen molar-refractivity contribution in [3.63, 3.8) is 0 Å². The van der Waals surface area contributed by atoms with Crippen LogP contribution in [0.3, 0.4) is 0 Å². The highest BCUT2D eigenvalue weighted by Crippen LogP contribution is 2.41. The van der Waals surface area contributed by atoms with Gasteiger partial charge < -0.3 is 10.8 Å². The third-order valence-electron chi connectivity index (χ3n) is 5.34. The van der Waals surface area contributed by atoms with Crippen molar-refractivity contribution >= 4 is 28.5 Å². The maximum atomic E-state index is 14.7. The van der Waals surface area contributed by atoms with E-state index in [1.165, 1.54) is 34.7 Å². The van der Waals surface area contributed by atoms with E-state index < -0.39 is 23.2 Å². The number of hydrogen-bond donors (Lipinski definition) is 2. The predicted octanol–water partition coefficient (Wildman–Crippen LogP) is 4.01. The van der Waals surface area contributed by atoms with Crippen molar-refractivity contribution in [2.75, 3.05) is 0 Å². The minimum Gasteiger partial charge on any atom is -0.389 e. The van der Waals surface area contributed by atoms with Gasteiger partial charge in [0.1, 0.15) is 34.9 Å². The molecule has 0 saturated carbocycles. The summed E-state index contributed by atoms with van der Waals surface area (Å²) in [4.78, 5) is 8.87. The predicted molar refractivity (Wildman–Crippen MR) is 122 cm³/mol. The first-order valence-electron chi connectivity index (χ1n) is 9.64. The van der Waals surface area contributed by atoms with Crippen LogP contribution in [-0.2, 0) is 12.1 Å². The lowest BCUT2D eigenvalue weighted by molar-refractivity contribution is -0.0112. The number of benzene rings is 2. The Hall–Kier alpha value is -3.08. The van der Waals surface area contributed by atoms with Crippen LogP contribution < -0.4 is 5.73 Å². The fourth-order valence-corrected chi connectivity index (χ4v) is 4.59. The lowest BCUT2D eigenvalue weighted by Gasteiger charge is -2.33. The molecule has 164 valence electrons. The third-order valence-corrected chi connectivity index (χ3v) is 6.60. The topological polar surface area (TPSA) is 89.8 Å². The average Bonchev–Trinajstić information content (AvgIpc) is 3.45. The molecule has 6 nitrogen and oxygen atoms in total. The molecule has 3 N–H and O–H groups in total. The summed E-state index contributed by atoms with van der Waals surface area (Å²) < 4.78 is 29.7. The fraction of sp³-hybridized carbons (Fsp3) is 0.182. The van der Waals surface area contributed by atoms with Gasteiger partial charge in [0.2, 0.25) is 0 Å². The Labute approximate surface area is 192 Å². The maximum absolute atomic E-state index is 14.7. The molecule has 0 aliphatic heterocycles. The molecule has 2 atom stereocenters. The SMILES string of the molecule is CC(c1nc(-c2ccc(C(N)=S)cc2)cs1)C(O)(Cn1cncn1)c1ccc(F)cc1F. The van der Waals surface area contributed by atoms with Crippen molar-refractivity contribution in [3.8, 4) is 11.3 Å². The van der Waals surface area contributed by atoms with E-state index in [0.29, 0.717) is 15.7 Å². The molecule has 32 heavy (non-hydrogen) atoms. The maximum Gasteiger partial charge on any atom is 0.137 e. The highest BCUT2D eigenvalue weighted by molar-refractivity contribution is 7.80. The molecule has 0 aliphatic rings. The average molecular weight is 472 g/mol. The standard InChI is InChI=1S/C22H19F2N5OS2/c1-13(21-28-19(9-32-21)14-2-4-15(5-3-14)20(25)31)22(30,10-29-12-26-11-27-29)17-7-6-16(23)8-18(17)24/h2-9,11-13,30H,10H2,1H3,(H2,25,31). The summed E-state index contributed by atoms with van der Waals surface area (Å²) >= 11 is 6.33. The minimum atomic E-state index is -1.75. The van der Waals surface area contributed by atoms with Crippen LogP contribution in [0, 0.1) is 11.6 Å². The molecule has 0 radical (unpaired) electrons. The summed E-state index contributed by atoms with van der Waals surface area (Å²) in [6.07, 6.45) is 2.75. The largest absolute Gasteiger partial charge is 0.389 e. The third kappa shape index (κ3) is 4.29. The number of thiazole rings is 1. The smallest absolute Gasteiger partial charge is 0.137 e. The van der Waals surface area contributed by atoms with Crippen LogP contribution >= 0.6 is 23.6 Å². The molecule has 2 heterocycles. The van der Waals surface area contributed by atoms with E-state index in [0.717, 1.165) is 23.3 Å². The summed E-state index contributed by atoms with van der Waals surface area (Å²) in [7, 11) is 0. The van der Waals surface area contributed by atoms with Gasteiger partial charge in [0.25, 0.3) is 0 Å². The summed E-state index contributed by atoms with van der Waals surface area (Å²) in [6.45, 7) is 1.66. The lowest BCUT2D eigenvalue weighted by Crippen LogP contribution is -2.38. The minimum absolute atomic E-state index is 0.0422. The summed E-state index contributed by atoms with van der Waals surface area (Å²) in [5.74, 6) is -2.20. The second kappa shape index (κ2) is 8.81. The van der Waals surface area contributed by atoms with Crippen molar-refractivity contribution < 1.29 is 13.9 Å². The Morgan fingerprint density at radius 1 is 1.25 bits per heavy atom. The van der Waals surface area contributed by atoms with Crippen molar-refractivity contribution in [2.45, 2.75) is 25.0 Å². The first-order valence-corrected chi connectivity index (χ1v) is 10.9. The highest BCUT2D eigenvalue weighted by Gasteiger charge is 2.41. The fourth-order valence-electron chi connectivity index (χ4n) is 3.49. The van der Waals surface area contributed by atoms with Crippen LogP contribution in [0.5, 0.6) is 0 Å². The van der Waals surface area contributed by atoms with Gasteiger partial charge in [-0.15, -0.1) is 11.3 Å². The van der Waals surface area contributed by atoms with Crippen molar-refractivity contribution in [1.29, 1.82) is 0 Å². The molecule has 0 saturated heterocycles. The molecule has 0 fully saturated rings. The summed E-state index contributed by atoms with van der Waals surface area (Å²) in [5, 5.41) is 18.2. The lowest BCUT2D eigenvalue weighted by atomic mass is 9.82. The Morgan fingerprint density at radius 3 is 2.62 bits per heavy atom. The van der Waals surface area contributed by atoms with Gasteiger partial charge >= 0.3 is 0 Å². The Kier molecular flexibility index (Phi) is 6.09. The number of halogens is 2. The van der Waals surface area contributed by atoms with Gasteiger partial charge in [0.05, 0.1) is 17.2 Å². The van der Waals surface area contributed by atoms with E-state index in [4.69, 9.17) is 18.0 Å². The van der Waals surface area contributed by atoms with Crippen LogP contribution in [0.15, 0.2) is 60.5 Å². The molecule has 0 aliphatic carbocycles. The zero-order valence-corrected chi connectivity index (χ0v) is 18.6. The van der Waals surface area contributed by atoms with Crippen LogP contribution in [0.2, 0.25) is 0 Å². The van der Waals surface area contributed by atoms with Gasteiger partial charge in [-0.05, 0) is 6.07 Å². The molecule has 2 unspecified atom stereocenters. The number of thiocarbonyl (C=S) groups is 1. The van der Waals surface area contributed by atoms with Gasteiger partial charge in [0.15, 0.2) is 0 Å². The molecular formula is C22H19F2N5OS2. The molecule has 0 bridgehead atoms. The molecule has 2 aromatic carbocycles. The molecule has 2 aromatic heterocycles. The number of nitrogens with zero attached hydrogens (tertiary/aromatic N) is 4. The second-order valence-electron chi connectivity index (χ2n) is 7.38.